The van der Waals surface area contributed by atoms with Crippen molar-refractivity contribution in [3.63, 3.8) is 0 Å². The van der Waals surface area contributed by atoms with E-state index in [1.165, 1.54) is 0 Å². The van der Waals surface area contributed by atoms with E-state index < -0.39 is 6.04 Å². The zero-order chi connectivity index (χ0) is 11.6. The van der Waals surface area contributed by atoms with Crippen molar-refractivity contribution in [3.05, 3.63) is 0 Å². The lowest BCUT2D eigenvalue weighted by atomic mass is 10.0. The van der Waals surface area contributed by atoms with Crippen LogP contribution in [0.25, 0.3) is 0 Å². The molecule has 1 fully saturated rings. The molecule has 1 aliphatic heterocycles. The third kappa shape index (κ3) is 2.92. The van der Waals surface area contributed by atoms with Crippen LogP contribution in [0.3, 0.4) is 0 Å². The topological polar surface area (TPSA) is 66.6 Å². The molecule has 4 nitrogen and oxygen atoms in total. The number of aliphatic hydroxyl groups excluding tert-OH is 1. The molecule has 3 N–H and O–H groups in total. The van der Waals surface area contributed by atoms with Crippen molar-refractivity contribution in [2.24, 2.45) is 17.6 Å². The number of nitrogens with two attached hydrogens (primary N) is 1. The SMILES string of the molecule is CC(C)C(N)C(=O)N1CCC(C(C)O)C1. The Morgan fingerprint density at radius 2 is 2.07 bits per heavy atom. The lowest BCUT2D eigenvalue weighted by molar-refractivity contribution is -0.132. The summed E-state index contributed by atoms with van der Waals surface area (Å²) in [6, 6.07) is -0.405. The van der Waals surface area contributed by atoms with Gasteiger partial charge in [-0.1, -0.05) is 13.8 Å². The third-order valence-electron chi connectivity index (χ3n) is 3.22. The van der Waals surface area contributed by atoms with Crippen LogP contribution in [0.2, 0.25) is 0 Å². The van der Waals surface area contributed by atoms with Crippen molar-refractivity contribution in [2.75, 3.05) is 13.1 Å². The summed E-state index contributed by atoms with van der Waals surface area (Å²) in [4.78, 5) is 13.7. The van der Waals surface area contributed by atoms with E-state index in [0.29, 0.717) is 6.54 Å². The standard InChI is InChI=1S/C11H22N2O2/c1-7(2)10(12)11(15)13-5-4-9(6-13)8(3)14/h7-10,14H,4-6,12H2,1-3H3. The Morgan fingerprint density at radius 1 is 1.47 bits per heavy atom. The fraction of sp³-hybridized carbons (Fsp3) is 0.909. The van der Waals surface area contributed by atoms with Crippen molar-refractivity contribution < 1.29 is 9.90 Å². The molecule has 88 valence electrons. The van der Waals surface area contributed by atoms with E-state index >= 15 is 0 Å². The molecular weight excluding hydrogens is 192 g/mol. The second-order valence-electron chi connectivity index (χ2n) is 4.84. The maximum Gasteiger partial charge on any atom is 0.239 e. The summed E-state index contributed by atoms with van der Waals surface area (Å²) < 4.78 is 0. The molecule has 3 atom stereocenters. The predicted molar refractivity (Wildman–Crippen MR) is 59.2 cm³/mol. The van der Waals surface area contributed by atoms with Gasteiger partial charge in [-0.05, 0) is 19.3 Å². The highest BCUT2D eigenvalue weighted by atomic mass is 16.3. The van der Waals surface area contributed by atoms with E-state index in [1.54, 1.807) is 11.8 Å². The minimum absolute atomic E-state index is 0.0214. The molecule has 3 unspecified atom stereocenters. The monoisotopic (exact) mass is 214 g/mol. The fourth-order valence-electron chi connectivity index (χ4n) is 1.88. The summed E-state index contributed by atoms with van der Waals surface area (Å²) >= 11 is 0. The van der Waals surface area contributed by atoms with E-state index in [9.17, 15) is 9.90 Å². The fourth-order valence-corrected chi connectivity index (χ4v) is 1.88. The number of carbonyl (C=O) groups is 1. The predicted octanol–water partition coefficient (Wildman–Crippen LogP) is 0.199. The van der Waals surface area contributed by atoms with Gasteiger partial charge in [0.15, 0.2) is 0 Å². The molecule has 0 radical (unpaired) electrons. The summed E-state index contributed by atoms with van der Waals surface area (Å²) in [5.41, 5.74) is 5.81. The third-order valence-corrected chi connectivity index (χ3v) is 3.22. The highest BCUT2D eigenvalue weighted by Gasteiger charge is 2.32. The van der Waals surface area contributed by atoms with Gasteiger partial charge in [0.2, 0.25) is 5.91 Å². The first-order valence-corrected chi connectivity index (χ1v) is 5.66. The first-order chi connectivity index (χ1) is 6.93. The van der Waals surface area contributed by atoms with Crippen LogP contribution in [0.15, 0.2) is 0 Å². The number of nitrogens with zero attached hydrogens (tertiary/aromatic N) is 1. The van der Waals surface area contributed by atoms with Gasteiger partial charge in [0.25, 0.3) is 0 Å². The summed E-state index contributed by atoms with van der Waals surface area (Å²) in [6.45, 7) is 7.06. The van der Waals surface area contributed by atoms with E-state index in [-0.39, 0.29) is 23.8 Å². The highest BCUT2D eigenvalue weighted by Crippen LogP contribution is 2.20. The van der Waals surface area contributed by atoms with Crippen LogP contribution >= 0.6 is 0 Å². The molecule has 0 saturated carbocycles. The van der Waals surface area contributed by atoms with E-state index in [2.05, 4.69) is 0 Å². The van der Waals surface area contributed by atoms with Crippen molar-refractivity contribution in [2.45, 2.75) is 39.3 Å². The van der Waals surface area contributed by atoms with E-state index in [0.717, 1.165) is 13.0 Å². The van der Waals surface area contributed by atoms with Crippen LogP contribution in [0, 0.1) is 11.8 Å². The number of amides is 1. The summed E-state index contributed by atoms with van der Waals surface area (Å²) in [6.07, 6.45) is 0.548. The zero-order valence-electron chi connectivity index (χ0n) is 9.81. The minimum Gasteiger partial charge on any atom is -0.393 e. The van der Waals surface area contributed by atoms with Gasteiger partial charge in [-0.3, -0.25) is 4.79 Å². The Kier molecular flexibility index (Phi) is 4.11. The number of rotatable bonds is 3. The molecule has 0 aromatic rings. The summed E-state index contributed by atoms with van der Waals surface area (Å²) in [5.74, 6) is 0.407. The molecule has 0 spiro atoms. The van der Waals surface area contributed by atoms with Crippen LogP contribution in [-0.4, -0.2) is 41.1 Å². The Morgan fingerprint density at radius 3 is 2.47 bits per heavy atom. The molecule has 1 amide bonds. The normalized spacial score (nSPS) is 25.7. The Hall–Kier alpha value is -0.610. The smallest absolute Gasteiger partial charge is 0.239 e. The van der Waals surface area contributed by atoms with Crippen molar-refractivity contribution in [1.82, 2.24) is 4.90 Å². The van der Waals surface area contributed by atoms with Gasteiger partial charge in [0, 0.05) is 19.0 Å². The molecule has 0 aromatic carbocycles. The minimum atomic E-state index is -0.405. The van der Waals surface area contributed by atoms with Gasteiger partial charge in [0.1, 0.15) is 0 Å². The Balaban J connectivity index is 2.50. The van der Waals surface area contributed by atoms with Gasteiger partial charge < -0.3 is 15.7 Å². The Labute approximate surface area is 91.4 Å². The first-order valence-electron chi connectivity index (χ1n) is 5.66. The second kappa shape index (κ2) is 4.94. The van der Waals surface area contributed by atoms with E-state index in [1.807, 2.05) is 13.8 Å². The average Bonchev–Trinajstić information content (AvgIpc) is 2.64. The number of hydrogen-bond acceptors (Lipinski definition) is 3. The van der Waals surface area contributed by atoms with Gasteiger partial charge >= 0.3 is 0 Å². The maximum absolute atomic E-state index is 11.9. The molecule has 0 bridgehead atoms. The van der Waals surface area contributed by atoms with Crippen LogP contribution in [0.4, 0.5) is 0 Å². The van der Waals surface area contributed by atoms with Crippen LogP contribution in [-0.2, 0) is 4.79 Å². The van der Waals surface area contributed by atoms with Gasteiger partial charge in [-0.15, -0.1) is 0 Å². The molecule has 1 aliphatic rings. The molecule has 4 heteroatoms. The molecule has 1 rings (SSSR count). The van der Waals surface area contributed by atoms with Gasteiger partial charge in [0.05, 0.1) is 12.1 Å². The van der Waals surface area contributed by atoms with Crippen LogP contribution in [0.1, 0.15) is 27.2 Å². The first kappa shape index (κ1) is 12.5. The van der Waals surface area contributed by atoms with Gasteiger partial charge in [-0.25, -0.2) is 0 Å². The average molecular weight is 214 g/mol. The summed E-state index contributed by atoms with van der Waals surface area (Å²) in [7, 11) is 0. The van der Waals surface area contributed by atoms with E-state index in [4.69, 9.17) is 5.73 Å². The van der Waals surface area contributed by atoms with Crippen LogP contribution in [0.5, 0.6) is 0 Å². The Bertz CT molecular complexity index is 229. The lowest BCUT2D eigenvalue weighted by Gasteiger charge is -2.23. The zero-order valence-corrected chi connectivity index (χ0v) is 9.81. The molecule has 15 heavy (non-hydrogen) atoms. The van der Waals surface area contributed by atoms with Crippen LogP contribution < -0.4 is 5.73 Å². The second-order valence-corrected chi connectivity index (χ2v) is 4.84. The largest absolute Gasteiger partial charge is 0.393 e. The number of hydrogen-bond donors (Lipinski definition) is 2. The number of likely N-dealkylation sites (tertiary alicyclic amines) is 1. The molecule has 0 aliphatic carbocycles. The molecule has 1 heterocycles. The molecule has 1 saturated heterocycles. The number of aliphatic hydroxyl groups is 1. The molecular formula is C11H22N2O2. The lowest BCUT2D eigenvalue weighted by Crippen LogP contribution is -2.45. The van der Waals surface area contributed by atoms with Crippen molar-refractivity contribution in [1.29, 1.82) is 0 Å². The maximum atomic E-state index is 11.9. The summed E-state index contributed by atoms with van der Waals surface area (Å²) in [5, 5.41) is 9.43. The van der Waals surface area contributed by atoms with Gasteiger partial charge in [-0.2, -0.15) is 0 Å². The molecule has 0 aromatic heterocycles. The van der Waals surface area contributed by atoms with Crippen molar-refractivity contribution in [3.8, 4) is 0 Å². The number of carbonyl (C=O) groups excluding carboxylic acids is 1. The highest BCUT2D eigenvalue weighted by molar-refractivity contribution is 5.82. The quantitative estimate of drug-likeness (QED) is 0.705. The van der Waals surface area contributed by atoms with Crippen molar-refractivity contribution >= 4 is 5.91 Å².